The van der Waals surface area contributed by atoms with E-state index >= 15 is 0 Å². The molecule has 0 fully saturated rings. The second kappa shape index (κ2) is 17.3. The van der Waals surface area contributed by atoms with Crippen molar-refractivity contribution in [2.75, 3.05) is 13.3 Å². The molecule has 3 aromatic rings. The minimum atomic E-state index is -2.01. The molecule has 12 heteroatoms. The topological polar surface area (TPSA) is 151 Å². The minimum Gasteiger partial charge on any atom is -0.494 e. The van der Waals surface area contributed by atoms with Gasteiger partial charge in [-0.25, -0.2) is 5.06 Å². The number of hydrogen-bond acceptors (Lipinski definition) is 8. The maximum atomic E-state index is 13.0. The molecule has 2 aromatic carbocycles. The van der Waals surface area contributed by atoms with Gasteiger partial charge in [0.05, 0.1) is 25.2 Å². The molecule has 3 unspecified atom stereocenters. The minimum absolute atomic E-state index is 0.0211. The van der Waals surface area contributed by atoms with Gasteiger partial charge in [0.1, 0.15) is 17.3 Å². The Morgan fingerprint density at radius 1 is 1.02 bits per heavy atom. The Morgan fingerprint density at radius 3 is 2.47 bits per heavy atom. The van der Waals surface area contributed by atoms with Gasteiger partial charge in [0, 0.05) is 10.9 Å². The number of nitrogens with one attached hydrogen (secondary N) is 2. The number of amides is 3. The highest BCUT2D eigenvalue weighted by molar-refractivity contribution is 7.55. The smallest absolute Gasteiger partial charge is 0.288 e. The number of nitrogens with zero attached hydrogens (tertiary/aromatic N) is 1. The van der Waals surface area contributed by atoms with E-state index in [9.17, 15) is 24.5 Å². The van der Waals surface area contributed by atoms with Crippen molar-refractivity contribution in [2.24, 2.45) is 5.92 Å². The number of para-hydroxylation sites is 1. The Bertz CT molecular complexity index is 1320. The molecule has 3 amide bonds. The lowest BCUT2D eigenvalue weighted by molar-refractivity contribution is -0.168. The predicted octanol–water partition coefficient (Wildman–Crippen LogP) is 4.98. The zero-order valence-electron chi connectivity index (χ0n) is 24.7. The summed E-state index contributed by atoms with van der Waals surface area (Å²) in [5, 5.41) is 16.3. The van der Waals surface area contributed by atoms with Gasteiger partial charge in [-0.3, -0.25) is 19.6 Å². The number of ether oxygens (including phenoxy) is 1. The Hall–Kier alpha value is -3.92. The number of furan rings is 1. The van der Waals surface area contributed by atoms with Gasteiger partial charge in [0.25, 0.3) is 14.3 Å². The van der Waals surface area contributed by atoms with Crippen molar-refractivity contribution in [1.29, 1.82) is 0 Å². The van der Waals surface area contributed by atoms with Crippen LogP contribution in [0.25, 0.3) is 11.3 Å². The Kier molecular flexibility index (Phi) is 13.5. The van der Waals surface area contributed by atoms with Crippen molar-refractivity contribution in [3.8, 4) is 22.8 Å². The number of benzene rings is 2. The zero-order chi connectivity index (χ0) is 31.2. The number of rotatable bonds is 18. The van der Waals surface area contributed by atoms with E-state index in [-0.39, 0.29) is 18.3 Å². The molecule has 232 valence electrons. The normalized spacial score (nSPS) is 13.0. The summed E-state index contributed by atoms with van der Waals surface area (Å²) in [5.74, 6) is -0.120. The molecule has 1 aromatic heterocycles. The summed E-state index contributed by atoms with van der Waals surface area (Å²) in [6.45, 7) is 5.92. The SMILES string of the molecule is CCCCCC(C(=O)NCNC(=O)c1ccc(-c2cc(OCC)cc(P(O)Oc3ccccc3)c2)o1)C(CC)N(O)C=O. The van der Waals surface area contributed by atoms with Crippen LogP contribution in [0.2, 0.25) is 0 Å². The van der Waals surface area contributed by atoms with E-state index in [1.165, 1.54) is 6.07 Å². The fraction of sp³-hybridized carbons (Fsp3) is 0.387. The first-order chi connectivity index (χ1) is 20.8. The number of hydrogen-bond donors (Lipinski definition) is 4. The van der Waals surface area contributed by atoms with Crippen LogP contribution in [0.3, 0.4) is 0 Å². The molecule has 0 aliphatic carbocycles. The highest BCUT2D eigenvalue weighted by Crippen LogP contribution is 2.36. The molecule has 1 heterocycles. The number of hydroxylamine groups is 2. The number of carbonyl (C=O) groups is 3. The van der Waals surface area contributed by atoms with Gasteiger partial charge in [-0.15, -0.1) is 0 Å². The van der Waals surface area contributed by atoms with E-state index < -0.39 is 26.2 Å². The largest absolute Gasteiger partial charge is 0.494 e. The number of carbonyl (C=O) groups excluding carboxylic acids is 3. The van der Waals surface area contributed by atoms with Gasteiger partial charge < -0.3 is 29.2 Å². The van der Waals surface area contributed by atoms with Crippen molar-refractivity contribution in [3.05, 3.63) is 66.4 Å². The molecule has 0 saturated carbocycles. The van der Waals surface area contributed by atoms with Gasteiger partial charge in [0.2, 0.25) is 12.3 Å². The highest BCUT2D eigenvalue weighted by Gasteiger charge is 2.30. The Balaban J connectivity index is 1.67. The zero-order valence-corrected chi connectivity index (χ0v) is 25.6. The molecule has 3 rings (SSSR count). The van der Waals surface area contributed by atoms with Crippen molar-refractivity contribution >= 4 is 31.9 Å². The third-order valence-electron chi connectivity index (χ3n) is 6.77. The first kappa shape index (κ1) is 33.6. The van der Waals surface area contributed by atoms with Crippen molar-refractivity contribution in [1.82, 2.24) is 15.7 Å². The molecule has 0 radical (unpaired) electrons. The molecule has 4 N–H and O–H groups in total. The summed E-state index contributed by atoms with van der Waals surface area (Å²) in [6.07, 6.45) is 3.83. The van der Waals surface area contributed by atoms with Crippen LogP contribution in [0.1, 0.15) is 63.4 Å². The monoisotopic (exact) mass is 613 g/mol. The van der Waals surface area contributed by atoms with E-state index in [2.05, 4.69) is 10.6 Å². The molecular formula is C31H40N3O8P. The molecule has 0 bridgehead atoms. The number of unbranched alkanes of at least 4 members (excludes halogenated alkanes) is 2. The molecule has 43 heavy (non-hydrogen) atoms. The fourth-order valence-corrected chi connectivity index (χ4v) is 5.53. The summed E-state index contributed by atoms with van der Waals surface area (Å²) in [7, 11) is -2.01. The van der Waals surface area contributed by atoms with Gasteiger partial charge in [-0.2, -0.15) is 0 Å². The lowest BCUT2D eigenvalue weighted by Gasteiger charge is -2.29. The van der Waals surface area contributed by atoms with E-state index in [0.29, 0.717) is 59.0 Å². The van der Waals surface area contributed by atoms with Gasteiger partial charge in [-0.1, -0.05) is 51.3 Å². The quantitative estimate of drug-likeness (QED) is 0.0392. The molecule has 0 aliphatic heterocycles. The van der Waals surface area contributed by atoms with Crippen LogP contribution in [-0.2, 0) is 9.59 Å². The van der Waals surface area contributed by atoms with Gasteiger partial charge in [0.15, 0.2) is 5.76 Å². The summed E-state index contributed by atoms with van der Waals surface area (Å²) < 4.78 is 17.2. The maximum absolute atomic E-state index is 13.0. The molecule has 3 atom stereocenters. The van der Waals surface area contributed by atoms with Crippen LogP contribution in [0.15, 0.2) is 65.1 Å². The maximum Gasteiger partial charge on any atom is 0.288 e. The first-order valence-corrected chi connectivity index (χ1v) is 15.6. The lowest BCUT2D eigenvalue weighted by Crippen LogP contribution is -2.47. The van der Waals surface area contributed by atoms with E-state index in [1.54, 1.807) is 43.3 Å². The van der Waals surface area contributed by atoms with Gasteiger partial charge in [-0.05, 0) is 62.2 Å². The van der Waals surface area contributed by atoms with Crippen LogP contribution in [0, 0.1) is 5.92 Å². The molecule has 11 nitrogen and oxygen atoms in total. The van der Waals surface area contributed by atoms with E-state index in [4.69, 9.17) is 13.7 Å². The van der Waals surface area contributed by atoms with Crippen molar-refractivity contribution < 1.29 is 38.2 Å². The third-order valence-corrected chi connectivity index (χ3v) is 7.85. The highest BCUT2D eigenvalue weighted by atomic mass is 31.2. The van der Waals surface area contributed by atoms with E-state index in [0.717, 1.165) is 19.3 Å². The van der Waals surface area contributed by atoms with Crippen LogP contribution in [0.4, 0.5) is 0 Å². The summed E-state index contributed by atoms with van der Waals surface area (Å²) in [5.41, 5.74) is 0.579. The molecule has 0 aliphatic rings. The van der Waals surface area contributed by atoms with Crippen LogP contribution >= 0.6 is 8.38 Å². The summed E-state index contributed by atoms with van der Waals surface area (Å²) >= 11 is 0. The Labute approximate surface area is 253 Å². The van der Waals surface area contributed by atoms with Crippen LogP contribution < -0.4 is 25.2 Å². The molecular weight excluding hydrogens is 573 g/mol. The lowest BCUT2D eigenvalue weighted by atomic mass is 9.90. The second-order valence-corrected chi connectivity index (χ2v) is 11.0. The fourth-order valence-electron chi connectivity index (χ4n) is 4.61. The van der Waals surface area contributed by atoms with E-state index in [1.807, 2.05) is 32.0 Å². The average molecular weight is 614 g/mol. The van der Waals surface area contributed by atoms with Crippen LogP contribution in [-0.4, -0.2) is 52.7 Å². The first-order valence-electron chi connectivity index (χ1n) is 14.4. The van der Waals surface area contributed by atoms with Gasteiger partial charge >= 0.3 is 0 Å². The third kappa shape index (κ3) is 9.81. The molecule has 0 saturated heterocycles. The van der Waals surface area contributed by atoms with Crippen molar-refractivity contribution in [2.45, 2.75) is 58.9 Å². The second-order valence-electron chi connectivity index (χ2n) is 9.78. The van der Waals surface area contributed by atoms with Crippen LogP contribution in [0.5, 0.6) is 11.5 Å². The van der Waals surface area contributed by atoms with Crippen molar-refractivity contribution in [3.63, 3.8) is 0 Å². The predicted molar refractivity (Wildman–Crippen MR) is 163 cm³/mol. The summed E-state index contributed by atoms with van der Waals surface area (Å²) in [6, 6.07) is 16.6. The standard InChI is InChI=1S/C31H40N3O8P/c1-4-7-9-14-26(27(5-2)34(38)21-35)30(36)32-20-33-31(37)29-16-15-28(41-29)22-17-24(40-6-3)19-25(18-22)43(39)42-23-12-10-8-11-13-23/h8,10-13,15-19,21,26-27,38-39H,4-7,9,14,20H2,1-3H3,(H,32,36)(H,33,37). The average Bonchev–Trinajstić information content (AvgIpc) is 3.52. The molecule has 0 spiro atoms. The summed E-state index contributed by atoms with van der Waals surface area (Å²) in [4.78, 5) is 47.7. The Morgan fingerprint density at radius 2 is 1.79 bits per heavy atom.